The lowest BCUT2D eigenvalue weighted by Crippen LogP contribution is -2.51. The van der Waals surface area contributed by atoms with Gasteiger partial charge in [-0.05, 0) is 43.2 Å². The van der Waals surface area contributed by atoms with E-state index in [1.54, 1.807) is 31.2 Å². The molecule has 0 aliphatic heterocycles. The van der Waals surface area contributed by atoms with Gasteiger partial charge in [0.05, 0.1) is 19.1 Å². The van der Waals surface area contributed by atoms with E-state index in [1.165, 1.54) is 30.2 Å². The number of carbonyl (C=O) groups is 2. The third-order valence-corrected chi connectivity index (χ3v) is 6.16. The Morgan fingerprint density at radius 3 is 2.30 bits per heavy atom. The average Bonchev–Trinajstić information content (AvgIpc) is 2.79. The zero-order valence-corrected chi connectivity index (χ0v) is 20.1. The summed E-state index contributed by atoms with van der Waals surface area (Å²) in [6, 6.07) is 11.4. The maximum Gasteiger partial charge on any atom is 0.244 e. The van der Waals surface area contributed by atoms with E-state index in [0.717, 1.165) is 24.3 Å². The number of hydrogen-bond donors (Lipinski definition) is 1. The van der Waals surface area contributed by atoms with Crippen molar-refractivity contribution in [1.82, 2.24) is 10.2 Å². The van der Waals surface area contributed by atoms with Gasteiger partial charge in [0, 0.05) is 13.1 Å². The predicted molar refractivity (Wildman–Crippen MR) is 125 cm³/mol. The number of para-hydroxylation sites is 1. The minimum atomic E-state index is -3.98. The molecular weight excluding hydrogens is 449 g/mol. The summed E-state index contributed by atoms with van der Waals surface area (Å²) in [7, 11) is -2.45. The minimum absolute atomic E-state index is 0.0540. The lowest BCUT2D eigenvalue weighted by molar-refractivity contribution is -0.139. The Morgan fingerprint density at radius 2 is 1.76 bits per heavy atom. The van der Waals surface area contributed by atoms with Gasteiger partial charge in [0.25, 0.3) is 0 Å². The fourth-order valence-corrected chi connectivity index (χ4v) is 4.01. The normalized spacial score (nSPS) is 12.0. The number of sulfonamides is 1. The van der Waals surface area contributed by atoms with Gasteiger partial charge in [-0.15, -0.1) is 0 Å². The summed E-state index contributed by atoms with van der Waals surface area (Å²) in [4.78, 5) is 27.2. The molecule has 0 aromatic heterocycles. The second kappa shape index (κ2) is 11.6. The molecule has 0 unspecified atom stereocenters. The van der Waals surface area contributed by atoms with Gasteiger partial charge in [0.1, 0.15) is 24.2 Å². The molecule has 2 rings (SSSR count). The molecule has 2 aromatic rings. The van der Waals surface area contributed by atoms with Crippen LogP contribution < -0.4 is 14.4 Å². The number of rotatable bonds is 11. The van der Waals surface area contributed by atoms with Crippen molar-refractivity contribution in [2.75, 3.05) is 30.8 Å². The highest BCUT2D eigenvalue weighted by atomic mass is 32.2. The van der Waals surface area contributed by atoms with E-state index in [0.29, 0.717) is 16.6 Å². The minimum Gasteiger partial charge on any atom is -0.497 e. The van der Waals surface area contributed by atoms with Crippen molar-refractivity contribution in [3.05, 3.63) is 59.9 Å². The molecule has 0 saturated heterocycles. The molecule has 1 N–H and O–H groups in total. The van der Waals surface area contributed by atoms with Crippen molar-refractivity contribution in [2.24, 2.45) is 0 Å². The Morgan fingerprint density at radius 1 is 1.12 bits per heavy atom. The first-order valence-electron chi connectivity index (χ1n) is 10.5. The highest BCUT2D eigenvalue weighted by Crippen LogP contribution is 2.22. The Hall–Kier alpha value is -3.14. The molecule has 180 valence electrons. The third-order valence-electron chi connectivity index (χ3n) is 5.03. The second-order valence-electron chi connectivity index (χ2n) is 7.56. The maximum absolute atomic E-state index is 14.4. The summed E-state index contributed by atoms with van der Waals surface area (Å²) in [6.07, 6.45) is 1.62. The van der Waals surface area contributed by atoms with Crippen LogP contribution in [0.25, 0.3) is 0 Å². The van der Waals surface area contributed by atoms with Gasteiger partial charge in [0.2, 0.25) is 21.8 Å². The van der Waals surface area contributed by atoms with E-state index in [9.17, 15) is 22.4 Å². The van der Waals surface area contributed by atoms with Crippen LogP contribution in [0, 0.1) is 5.82 Å². The van der Waals surface area contributed by atoms with Crippen LogP contribution in [-0.4, -0.2) is 57.6 Å². The molecule has 2 aromatic carbocycles. The summed E-state index contributed by atoms with van der Waals surface area (Å²) >= 11 is 0. The van der Waals surface area contributed by atoms with Crippen LogP contribution in [0.4, 0.5) is 10.1 Å². The van der Waals surface area contributed by atoms with Crippen molar-refractivity contribution >= 4 is 27.5 Å². The zero-order chi connectivity index (χ0) is 24.6. The molecule has 0 radical (unpaired) electrons. The standard InChI is InChI=1S/C23H30FN3O5S/c1-5-14-25-23(29)17(2)26(15-18-10-12-19(32-3)13-11-18)22(28)16-27(33(4,30)31)21-9-7-6-8-20(21)24/h6-13,17H,5,14-16H2,1-4H3,(H,25,29)/t17-/m1/s1. The first kappa shape index (κ1) is 26.1. The Bertz CT molecular complexity index is 1060. The van der Waals surface area contributed by atoms with Gasteiger partial charge >= 0.3 is 0 Å². The summed E-state index contributed by atoms with van der Waals surface area (Å²) in [6.45, 7) is 3.32. The fraction of sp³-hybridized carbons (Fsp3) is 0.391. The molecule has 0 spiro atoms. The first-order valence-corrected chi connectivity index (χ1v) is 12.4. The van der Waals surface area contributed by atoms with E-state index < -0.39 is 34.3 Å². The van der Waals surface area contributed by atoms with E-state index in [-0.39, 0.29) is 18.1 Å². The topological polar surface area (TPSA) is 96.0 Å². The molecule has 0 saturated carbocycles. The molecule has 33 heavy (non-hydrogen) atoms. The maximum atomic E-state index is 14.4. The monoisotopic (exact) mass is 479 g/mol. The van der Waals surface area contributed by atoms with Crippen LogP contribution in [0.2, 0.25) is 0 Å². The van der Waals surface area contributed by atoms with E-state index >= 15 is 0 Å². The SMILES string of the molecule is CCCNC(=O)[C@@H](C)N(Cc1ccc(OC)cc1)C(=O)CN(c1ccccc1F)S(C)(=O)=O. The number of nitrogens with one attached hydrogen (secondary N) is 1. The van der Waals surface area contributed by atoms with Crippen LogP contribution in [0.1, 0.15) is 25.8 Å². The van der Waals surface area contributed by atoms with Crippen LogP contribution in [0.5, 0.6) is 5.75 Å². The van der Waals surface area contributed by atoms with Gasteiger partial charge in [-0.2, -0.15) is 0 Å². The average molecular weight is 480 g/mol. The number of hydrogen-bond acceptors (Lipinski definition) is 5. The van der Waals surface area contributed by atoms with Crippen molar-refractivity contribution in [3.63, 3.8) is 0 Å². The molecule has 2 amide bonds. The zero-order valence-electron chi connectivity index (χ0n) is 19.2. The van der Waals surface area contributed by atoms with Crippen LogP contribution in [-0.2, 0) is 26.2 Å². The number of anilines is 1. The molecule has 0 aliphatic rings. The lowest BCUT2D eigenvalue weighted by atomic mass is 10.1. The highest BCUT2D eigenvalue weighted by molar-refractivity contribution is 7.92. The molecule has 0 aliphatic carbocycles. The molecule has 0 bridgehead atoms. The molecular formula is C23H30FN3O5S. The number of benzene rings is 2. The molecule has 1 atom stereocenters. The lowest BCUT2D eigenvalue weighted by Gasteiger charge is -2.31. The summed E-state index contributed by atoms with van der Waals surface area (Å²) in [5.41, 5.74) is 0.483. The Balaban J connectivity index is 2.37. The van der Waals surface area contributed by atoms with Crippen LogP contribution in [0.3, 0.4) is 0 Å². The van der Waals surface area contributed by atoms with Crippen molar-refractivity contribution in [1.29, 1.82) is 0 Å². The largest absolute Gasteiger partial charge is 0.497 e. The Labute approximate surface area is 194 Å². The van der Waals surface area contributed by atoms with Crippen LogP contribution in [0.15, 0.2) is 48.5 Å². The summed E-state index contributed by atoms with van der Waals surface area (Å²) in [5.74, 6) is -1.14. The van der Waals surface area contributed by atoms with Gasteiger partial charge in [0.15, 0.2) is 0 Å². The number of methoxy groups -OCH3 is 1. The van der Waals surface area contributed by atoms with Gasteiger partial charge in [-0.3, -0.25) is 13.9 Å². The molecule has 0 fully saturated rings. The third kappa shape index (κ3) is 7.18. The fourth-order valence-electron chi connectivity index (χ4n) is 3.15. The number of halogens is 1. The smallest absolute Gasteiger partial charge is 0.244 e. The summed E-state index contributed by atoms with van der Waals surface area (Å²) in [5, 5.41) is 2.75. The highest BCUT2D eigenvalue weighted by Gasteiger charge is 2.30. The van der Waals surface area contributed by atoms with Gasteiger partial charge in [-0.25, -0.2) is 12.8 Å². The predicted octanol–water partition coefficient (Wildman–Crippen LogP) is 2.54. The van der Waals surface area contributed by atoms with Crippen molar-refractivity contribution < 1.29 is 27.1 Å². The van der Waals surface area contributed by atoms with Gasteiger partial charge < -0.3 is 15.0 Å². The molecule has 8 nitrogen and oxygen atoms in total. The Kier molecular flexibility index (Phi) is 9.22. The first-order chi connectivity index (χ1) is 15.6. The number of carbonyl (C=O) groups excluding carboxylic acids is 2. The van der Waals surface area contributed by atoms with E-state index in [1.807, 2.05) is 6.92 Å². The second-order valence-corrected chi connectivity index (χ2v) is 9.46. The van der Waals surface area contributed by atoms with Gasteiger partial charge in [-0.1, -0.05) is 31.2 Å². The number of amides is 2. The van der Waals surface area contributed by atoms with Crippen molar-refractivity contribution in [2.45, 2.75) is 32.9 Å². The quantitative estimate of drug-likeness (QED) is 0.534. The number of ether oxygens (including phenoxy) is 1. The van der Waals surface area contributed by atoms with Crippen LogP contribution >= 0.6 is 0 Å². The molecule has 0 heterocycles. The number of nitrogens with zero attached hydrogens (tertiary/aromatic N) is 2. The van der Waals surface area contributed by atoms with Crippen molar-refractivity contribution in [3.8, 4) is 5.75 Å². The van der Waals surface area contributed by atoms with E-state index in [2.05, 4.69) is 5.32 Å². The molecule has 10 heteroatoms. The van der Waals surface area contributed by atoms with E-state index in [4.69, 9.17) is 4.74 Å². The summed E-state index contributed by atoms with van der Waals surface area (Å²) < 4.78 is 45.0.